The standard InChI is InChI=1S/C4H10NOP.C2H5NO/c7-5-1-3-6-4-2-5;1-3-2-4/h1-4,7H2;2H,1H3,(H,3,4). The summed E-state index contributed by atoms with van der Waals surface area (Å²) in [5.41, 5.74) is 0. The van der Waals surface area contributed by atoms with Gasteiger partial charge in [0.25, 0.3) is 0 Å². The highest BCUT2D eigenvalue weighted by molar-refractivity contribution is 7.13. The normalized spacial score (nSPS) is 18.0. The molecule has 66 valence electrons. The Hall–Kier alpha value is -0.180. The fraction of sp³-hybridized carbons (Fsp3) is 0.833. The minimum absolute atomic E-state index is 0.625. The molecule has 0 aromatic rings. The number of hydrogen-bond donors (Lipinski definition) is 1. The Balaban J connectivity index is 0.000000218. The van der Waals surface area contributed by atoms with Crippen molar-refractivity contribution in [1.29, 1.82) is 0 Å². The maximum atomic E-state index is 9.06. The fourth-order valence-electron chi connectivity index (χ4n) is 0.577. The molecule has 0 spiro atoms. The molecule has 1 amide bonds. The van der Waals surface area contributed by atoms with E-state index in [1.165, 1.54) is 0 Å². The molecule has 1 heterocycles. The summed E-state index contributed by atoms with van der Waals surface area (Å²) in [6.07, 6.45) is 0.625. The summed E-state index contributed by atoms with van der Waals surface area (Å²) >= 11 is 0. The van der Waals surface area contributed by atoms with Gasteiger partial charge >= 0.3 is 0 Å². The second-order valence-electron chi connectivity index (χ2n) is 2.05. The van der Waals surface area contributed by atoms with Gasteiger partial charge in [-0.1, -0.05) is 9.39 Å². The predicted octanol–water partition coefficient (Wildman–Crippen LogP) is -0.529. The predicted molar refractivity (Wildman–Crippen MR) is 47.2 cm³/mol. The zero-order valence-electron chi connectivity index (χ0n) is 6.75. The van der Waals surface area contributed by atoms with Crippen molar-refractivity contribution in [1.82, 2.24) is 9.99 Å². The van der Waals surface area contributed by atoms with Gasteiger partial charge in [0.15, 0.2) is 0 Å². The van der Waals surface area contributed by atoms with Crippen molar-refractivity contribution in [2.24, 2.45) is 0 Å². The third kappa shape index (κ3) is 7.72. The van der Waals surface area contributed by atoms with Crippen molar-refractivity contribution in [3.63, 3.8) is 0 Å². The lowest BCUT2D eigenvalue weighted by atomic mass is 10.5. The summed E-state index contributed by atoms with van der Waals surface area (Å²) in [7, 11) is 4.22. The van der Waals surface area contributed by atoms with Crippen LogP contribution in [0, 0.1) is 0 Å². The molecular formula is C6H15N2O2P. The first-order valence-corrected chi connectivity index (χ1v) is 4.01. The number of nitrogens with one attached hydrogen (secondary N) is 1. The van der Waals surface area contributed by atoms with Crippen LogP contribution in [0.25, 0.3) is 0 Å². The van der Waals surface area contributed by atoms with Gasteiger partial charge in [-0.3, -0.25) is 9.46 Å². The van der Waals surface area contributed by atoms with Crippen LogP contribution in [0.3, 0.4) is 0 Å². The van der Waals surface area contributed by atoms with Crippen LogP contribution < -0.4 is 5.32 Å². The molecule has 1 N–H and O–H groups in total. The molecule has 1 unspecified atom stereocenters. The number of nitrogens with zero attached hydrogens (tertiary/aromatic N) is 1. The average Bonchev–Trinajstić information content (AvgIpc) is 2.07. The van der Waals surface area contributed by atoms with Gasteiger partial charge < -0.3 is 10.1 Å². The lowest BCUT2D eigenvalue weighted by Crippen LogP contribution is -2.28. The molecule has 1 saturated heterocycles. The second-order valence-corrected chi connectivity index (χ2v) is 2.79. The number of hydrogen-bond acceptors (Lipinski definition) is 3. The molecule has 0 radical (unpaired) electrons. The molecule has 0 saturated carbocycles. The van der Waals surface area contributed by atoms with Gasteiger partial charge in [0.1, 0.15) is 0 Å². The SMILES string of the molecule is CNC=O.PN1CCOCC1. The minimum atomic E-state index is 0.625. The Labute approximate surface area is 69.5 Å². The lowest BCUT2D eigenvalue weighted by Gasteiger charge is -2.20. The fourth-order valence-corrected chi connectivity index (χ4v) is 0.788. The molecule has 0 aromatic heterocycles. The summed E-state index contributed by atoms with van der Waals surface area (Å²) in [6.45, 7) is 3.91. The maximum absolute atomic E-state index is 9.06. The largest absolute Gasteiger partial charge is 0.379 e. The van der Waals surface area contributed by atoms with Gasteiger partial charge in [0.2, 0.25) is 6.41 Å². The molecule has 1 fully saturated rings. The van der Waals surface area contributed by atoms with Gasteiger partial charge in [0.05, 0.1) is 13.2 Å². The maximum Gasteiger partial charge on any atom is 0.206 e. The van der Waals surface area contributed by atoms with Crippen molar-refractivity contribution in [2.75, 3.05) is 33.4 Å². The van der Waals surface area contributed by atoms with Crippen LogP contribution in [0.15, 0.2) is 0 Å². The van der Waals surface area contributed by atoms with Crippen LogP contribution in [0.5, 0.6) is 0 Å². The topological polar surface area (TPSA) is 41.6 Å². The molecule has 1 aliphatic heterocycles. The third-order valence-electron chi connectivity index (χ3n) is 1.16. The molecule has 5 heteroatoms. The Morgan fingerprint density at radius 2 is 2.00 bits per heavy atom. The van der Waals surface area contributed by atoms with Crippen molar-refractivity contribution in [2.45, 2.75) is 0 Å². The monoisotopic (exact) mass is 178 g/mol. The smallest absolute Gasteiger partial charge is 0.206 e. The summed E-state index contributed by atoms with van der Waals surface area (Å²) in [6, 6.07) is 0. The van der Waals surface area contributed by atoms with Gasteiger partial charge in [-0.25, -0.2) is 0 Å². The van der Waals surface area contributed by atoms with Crippen LogP contribution in [-0.2, 0) is 9.53 Å². The van der Waals surface area contributed by atoms with Crippen LogP contribution in [0.1, 0.15) is 0 Å². The van der Waals surface area contributed by atoms with Crippen LogP contribution >= 0.6 is 9.39 Å². The molecule has 1 rings (SSSR count). The van der Waals surface area contributed by atoms with Crippen molar-refractivity contribution in [3.8, 4) is 0 Å². The highest BCUT2D eigenvalue weighted by Gasteiger charge is 2.02. The van der Waals surface area contributed by atoms with Crippen LogP contribution in [-0.4, -0.2) is 44.4 Å². The molecule has 0 aromatic carbocycles. The van der Waals surface area contributed by atoms with E-state index < -0.39 is 0 Å². The molecule has 11 heavy (non-hydrogen) atoms. The first-order valence-electron chi connectivity index (χ1n) is 3.49. The minimum Gasteiger partial charge on any atom is -0.379 e. The van der Waals surface area contributed by atoms with Gasteiger partial charge in [-0.2, -0.15) is 0 Å². The van der Waals surface area contributed by atoms with Gasteiger partial charge in [-0.15, -0.1) is 0 Å². The van der Waals surface area contributed by atoms with E-state index in [2.05, 4.69) is 19.4 Å². The molecule has 0 aliphatic carbocycles. The molecule has 4 nitrogen and oxygen atoms in total. The zero-order chi connectivity index (χ0) is 8.53. The second kappa shape index (κ2) is 7.92. The third-order valence-corrected chi connectivity index (χ3v) is 1.68. The van der Waals surface area contributed by atoms with Crippen LogP contribution in [0.2, 0.25) is 0 Å². The molecule has 1 aliphatic rings. The van der Waals surface area contributed by atoms with Gasteiger partial charge in [-0.05, 0) is 0 Å². The quantitative estimate of drug-likeness (QED) is 0.433. The number of ether oxygens (including phenoxy) is 1. The van der Waals surface area contributed by atoms with Gasteiger partial charge in [0, 0.05) is 20.1 Å². The van der Waals surface area contributed by atoms with Crippen molar-refractivity contribution < 1.29 is 9.53 Å². The van der Waals surface area contributed by atoms with Crippen molar-refractivity contribution >= 4 is 15.8 Å². The van der Waals surface area contributed by atoms with Crippen molar-refractivity contribution in [3.05, 3.63) is 0 Å². The molecule has 0 bridgehead atoms. The summed E-state index contributed by atoms with van der Waals surface area (Å²) < 4.78 is 7.27. The van der Waals surface area contributed by atoms with E-state index in [9.17, 15) is 0 Å². The van der Waals surface area contributed by atoms with E-state index in [-0.39, 0.29) is 0 Å². The Kier molecular flexibility index (Phi) is 7.79. The Morgan fingerprint density at radius 1 is 1.55 bits per heavy atom. The van der Waals surface area contributed by atoms with E-state index in [4.69, 9.17) is 9.53 Å². The van der Waals surface area contributed by atoms with E-state index >= 15 is 0 Å². The average molecular weight is 178 g/mol. The van der Waals surface area contributed by atoms with E-state index in [0.717, 1.165) is 26.3 Å². The lowest BCUT2D eigenvalue weighted by molar-refractivity contribution is -0.109. The van der Waals surface area contributed by atoms with E-state index in [0.29, 0.717) is 6.41 Å². The number of carbonyl (C=O) groups is 1. The zero-order valence-corrected chi connectivity index (χ0v) is 7.90. The number of rotatable bonds is 1. The highest BCUT2D eigenvalue weighted by atomic mass is 31.0. The Bertz CT molecular complexity index is 96.6. The first-order chi connectivity index (χ1) is 5.31. The first kappa shape index (κ1) is 10.8. The summed E-state index contributed by atoms with van der Waals surface area (Å²) in [5, 5.41) is 2.25. The molecule has 1 atom stereocenters. The Morgan fingerprint density at radius 3 is 2.18 bits per heavy atom. The number of morpholine rings is 1. The van der Waals surface area contributed by atoms with Crippen LogP contribution in [0.4, 0.5) is 0 Å². The van der Waals surface area contributed by atoms with E-state index in [1.54, 1.807) is 7.05 Å². The molecular weight excluding hydrogens is 163 g/mol. The number of amides is 1. The number of carbonyl (C=O) groups excluding carboxylic acids is 1. The van der Waals surface area contributed by atoms with E-state index in [1.807, 2.05) is 0 Å². The highest BCUT2D eigenvalue weighted by Crippen LogP contribution is 2.00. The summed E-state index contributed by atoms with van der Waals surface area (Å²) in [5.74, 6) is 0. The summed E-state index contributed by atoms with van der Waals surface area (Å²) in [4.78, 5) is 9.06.